The lowest BCUT2D eigenvalue weighted by Gasteiger charge is -2.36. The zero-order valence-corrected chi connectivity index (χ0v) is 13.8. The van der Waals surface area contributed by atoms with Gasteiger partial charge < -0.3 is 4.74 Å². The maximum absolute atomic E-state index is 12.8. The Morgan fingerprint density at radius 1 is 1.14 bits per heavy atom. The lowest BCUT2D eigenvalue weighted by atomic mass is 9.66. The standard InChI is InChI=1S/C19H19ClO2/c1-19(2)11-17(12-4-6-13(20)7-5-12)15-9-8-14(22-3)10-16(15)18(19)21/h4-10,17H,11H2,1-3H3. The first kappa shape index (κ1) is 15.1. The molecule has 2 aromatic rings. The van der Waals surface area contributed by atoms with Crippen molar-refractivity contribution in [3.05, 3.63) is 64.2 Å². The number of Topliss-reactive ketones (excluding diaryl/α,β-unsaturated/α-hetero) is 1. The zero-order chi connectivity index (χ0) is 15.9. The van der Waals surface area contributed by atoms with E-state index in [2.05, 4.69) is 0 Å². The number of ether oxygens (including phenoxy) is 1. The number of rotatable bonds is 2. The van der Waals surface area contributed by atoms with Crippen LogP contribution in [-0.4, -0.2) is 12.9 Å². The van der Waals surface area contributed by atoms with Crippen LogP contribution in [-0.2, 0) is 0 Å². The van der Waals surface area contributed by atoms with Crippen LogP contribution >= 0.6 is 11.6 Å². The van der Waals surface area contributed by atoms with Gasteiger partial charge in [-0.3, -0.25) is 4.79 Å². The van der Waals surface area contributed by atoms with Crippen LogP contribution in [0.25, 0.3) is 0 Å². The molecular weight excluding hydrogens is 296 g/mol. The second-order valence-electron chi connectivity index (χ2n) is 6.47. The number of hydrogen-bond donors (Lipinski definition) is 0. The maximum atomic E-state index is 12.8. The molecule has 1 aliphatic carbocycles. The first-order valence-electron chi connectivity index (χ1n) is 7.40. The Morgan fingerprint density at radius 2 is 1.82 bits per heavy atom. The van der Waals surface area contributed by atoms with Crippen molar-refractivity contribution in [1.82, 2.24) is 0 Å². The molecule has 3 rings (SSSR count). The summed E-state index contributed by atoms with van der Waals surface area (Å²) < 4.78 is 5.28. The van der Waals surface area contributed by atoms with E-state index in [-0.39, 0.29) is 17.1 Å². The highest BCUT2D eigenvalue weighted by Crippen LogP contribution is 2.45. The summed E-state index contributed by atoms with van der Waals surface area (Å²) in [6.07, 6.45) is 0.798. The van der Waals surface area contributed by atoms with Gasteiger partial charge in [0.2, 0.25) is 0 Å². The lowest BCUT2D eigenvalue weighted by molar-refractivity contribution is 0.0801. The van der Waals surface area contributed by atoms with Gasteiger partial charge >= 0.3 is 0 Å². The van der Waals surface area contributed by atoms with E-state index in [4.69, 9.17) is 16.3 Å². The molecule has 1 unspecified atom stereocenters. The number of hydrogen-bond acceptors (Lipinski definition) is 2. The minimum Gasteiger partial charge on any atom is -0.497 e. The monoisotopic (exact) mass is 314 g/mol. The van der Waals surface area contributed by atoms with E-state index >= 15 is 0 Å². The summed E-state index contributed by atoms with van der Waals surface area (Å²) in [5.74, 6) is 1.11. The van der Waals surface area contributed by atoms with Gasteiger partial charge in [-0.1, -0.05) is 43.6 Å². The molecule has 0 aliphatic heterocycles. The molecule has 0 N–H and O–H groups in total. The van der Waals surface area contributed by atoms with Gasteiger partial charge in [-0.05, 0) is 41.8 Å². The van der Waals surface area contributed by atoms with E-state index in [9.17, 15) is 4.79 Å². The third-order valence-corrected chi connectivity index (χ3v) is 4.73. The van der Waals surface area contributed by atoms with Crippen molar-refractivity contribution in [2.45, 2.75) is 26.2 Å². The van der Waals surface area contributed by atoms with Crippen molar-refractivity contribution in [3.8, 4) is 5.75 Å². The predicted molar refractivity (Wildman–Crippen MR) is 89.0 cm³/mol. The molecule has 0 radical (unpaired) electrons. The van der Waals surface area contributed by atoms with E-state index in [0.717, 1.165) is 28.3 Å². The molecule has 0 saturated carbocycles. The molecule has 0 heterocycles. The number of halogens is 1. The quantitative estimate of drug-likeness (QED) is 0.771. The first-order valence-corrected chi connectivity index (χ1v) is 7.78. The topological polar surface area (TPSA) is 26.3 Å². The highest BCUT2D eigenvalue weighted by Gasteiger charge is 2.40. The van der Waals surface area contributed by atoms with Crippen LogP contribution in [0, 0.1) is 5.41 Å². The number of carbonyl (C=O) groups excluding carboxylic acids is 1. The summed E-state index contributed by atoms with van der Waals surface area (Å²) in [6.45, 7) is 4.03. The lowest BCUT2D eigenvalue weighted by Crippen LogP contribution is -2.33. The van der Waals surface area contributed by atoms with Crippen molar-refractivity contribution in [1.29, 1.82) is 0 Å². The molecule has 0 spiro atoms. The first-order chi connectivity index (χ1) is 10.4. The summed E-state index contributed by atoms with van der Waals surface area (Å²) in [5.41, 5.74) is 2.66. The van der Waals surface area contributed by atoms with Crippen molar-refractivity contribution >= 4 is 17.4 Å². The fraction of sp³-hybridized carbons (Fsp3) is 0.316. The number of benzene rings is 2. The molecule has 1 atom stereocenters. The van der Waals surface area contributed by atoms with Crippen LogP contribution in [0.4, 0.5) is 0 Å². The Hall–Kier alpha value is -1.80. The zero-order valence-electron chi connectivity index (χ0n) is 13.0. The molecule has 0 aromatic heterocycles. The largest absolute Gasteiger partial charge is 0.497 e. The van der Waals surface area contributed by atoms with Gasteiger partial charge in [0.15, 0.2) is 5.78 Å². The average Bonchev–Trinajstić information content (AvgIpc) is 2.51. The number of ketones is 1. The number of carbonyl (C=O) groups is 1. The SMILES string of the molecule is COc1ccc2c(c1)C(=O)C(C)(C)CC2c1ccc(Cl)cc1. The van der Waals surface area contributed by atoms with Gasteiger partial charge in [0.1, 0.15) is 5.75 Å². The predicted octanol–water partition coefficient (Wildman–Crippen LogP) is 5.09. The summed E-state index contributed by atoms with van der Waals surface area (Å²) in [5, 5.41) is 0.727. The molecule has 0 bridgehead atoms. The minimum atomic E-state index is -0.385. The third kappa shape index (κ3) is 2.52. The van der Waals surface area contributed by atoms with Crippen LogP contribution in [0.15, 0.2) is 42.5 Å². The molecule has 3 heteroatoms. The van der Waals surface area contributed by atoms with E-state index in [0.29, 0.717) is 0 Å². The molecule has 114 valence electrons. The summed E-state index contributed by atoms with van der Waals surface area (Å²) >= 11 is 6.00. The highest BCUT2D eigenvalue weighted by molar-refractivity contribution is 6.30. The Kier molecular flexibility index (Phi) is 3.73. The Morgan fingerprint density at radius 3 is 2.45 bits per heavy atom. The molecule has 0 saturated heterocycles. The molecule has 22 heavy (non-hydrogen) atoms. The molecular formula is C19H19ClO2. The van der Waals surface area contributed by atoms with Crippen molar-refractivity contribution in [2.24, 2.45) is 5.41 Å². The summed E-state index contributed by atoms with van der Waals surface area (Å²) in [7, 11) is 1.62. The van der Waals surface area contributed by atoms with Crippen molar-refractivity contribution in [2.75, 3.05) is 7.11 Å². The Balaban J connectivity index is 2.15. The van der Waals surface area contributed by atoms with Crippen LogP contribution in [0.1, 0.15) is 47.7 Å². The summed E-state index contributed by atoms with van der Waals surface area (Å²) in [6, 6.07) is 13.7. The highest BCUT2D eigenvalue weighted by atomic mass is 35.5. The number of methoxy groups -OCH3 is 1. The second kappa shape index (κ2) is 5.44. The smallest absolute Gasteiger partial charge is 0.168 e. The van der Waals surface area contributed by atoms with Gasteiger partial charge in [-0.25, -0.2) is 0 Å². The average molecular weight is 315 g/mol. The minimum absolute atomic E-state index is 0.187. The van der Waals surface area contributed by atoms with E-state index in [1.807, 2.05) is 56.3 Å². The fourth-order valence-corrected chi connectivity index (χ4v) is 3.36. The van der Waals surface area contributed by atoms with Crippen LogP contribution in [0.2, 0.25) is 5.02 Å². The van der Waals surface area contributed by atoms with Gasteiger partial charge in [0.25, 0.3) is 0 Å². The van der Waals surface area contributed by atoms with E-state index < -0.39 is 0 Å². The van der Waals surface area contributed by atoms with Crippen LogP contribution in [0.3, 0.4) is 0 Å². The van der Waals surface area contributed by atoms with Gasteiger partial charge in [-0.15, -0.1) is 0 Å². The Bertz CT molecular complexity index is 717. The van der Waals surface area contributed by atoms with Crippen molar-refractivity contribution < 1.29 is 9.53 Å². The Labute approximate surface area is 136 Å². The fourth-order valence-electron chi connectivity index (χ4n) is 3.23. The van der Waals surface area contributed by atoms with Crippen molar-refractivity contribution in [3.63, 3.8) is 0 Å². The normalized spacial score (nSPS) is 19.6. The van der Waals surface area contributed by atoms with Gasteiger partial charge in [0.05, 0.1) is 7.11 Å². The van der Waals surface area contributed by atoms with Gasteiger partial charge in [0, 0.05) is 21.9 Å². The molecule has 2 aromatic carbocycles. The summed E-state index contributed by atoms with van der Waals surface area (Å²) in [4.78, 5) is 12.8. The van der Waals surface area contributed by atoms with E-state index in [1.54, 1.807) is 7.11 Å². The third-order valence-electron chi connectivity index (χ3n) is 4.48. The second-order valence-corrected chi connectivity index (χ2v) is 6.91. The molecule has 2 nitrogen and oxygen atoms in total. The van der Waals surface area contributed by atoms with Crippen LogP contribution < -0.4 is 4.74 Å². The molecule has 0 amide bonds. The number of fused-ring (bicyclic) bond motifs is 1. The van der Waals surface area contributed by atoms with E-state index in [1.165, 1.54) is 5.56 Å². The van der Waals surface area contributed by atoms with Crippen LogP contribution in [0.5, 0.6) is 5.75 Å². The van der Waals surface area contributed by atoms with Gasteiger partial charge in [-0.2, -0.15) is 0 Å². The maximum Gasteiger partial charge on any atom is 0.168 e. The molecule has 0 fully saturated rings. The molecule has 1 aliphatic rings.